The number of nitrogens with zero attached hydrogens (tertiary/aromatic N) is 3. The van der Waals surface area contributed by atoms with E-state index in [1.807, 2.05) is 13.8 Å². The number of carbonyl (C=O) groups excluding carboxylic acids is 2. The number of ketones is 1. The van der Waals surface area contributed by atoms with Gasteiger partial charge in [-0.2, -0.15) is 18.2 Å². The van der Waals surface area contributed by atoms with Crippen LogP contribution in [0.1, 0.15) is 81.7 Å². The zero-order chi connectivity index (χ0) is 25.2. The fourth-order valence-electron chi connectivity index (χ4n) is 6.45. The molecule has 0 bridgehead atoms. The summed E-state index contributed by atoms with van der Waals surface area (Å²) >= 11 is 0. The van der Waals surface area contributed by atoms with Crippen molar-refractivity contribution in [1.29, 1.82) is 0 Å². The molecule has 1 amide bonds. The molecule has 4 fully saturated rings. The number of likely N-dealkylation sites (tertiary alicyclic amines) is 1. The van der Waals surface area contributed by atoms with E-state index in [-0.39, 0.29) is 48.1 Å². The Kier molecular flexibility index (Phi) is 5.82. The van der Waals surface area contributed by atoms with E-state index in [0.29, 0.717) is 19.4 Å². The van der Waals surface area contributed by atoms with Gasteiger partial charge in [-0.05, 0) is 50.4 Å². The van der Waals surface area contributed by atoms with Crippen LogP contribution < -0.4 is 5.32 Å². The number of aromatic nitrogens is 2. The average Bonchev–Trinajstić information content (AvgIpc) is 3.25. The number of piperidine rings is 2. The van der Waals surface area contributed by atoms with Crippen molar-refractivity contribution in [3.63, 3.8) is 0 Å². The monoisotopic (exact) mass is 498 g/mol. The van der Waals surface area contributed by atoms with Crippen molar-refractivity contribution < 1.29 is 32.4 Å². The number of nitrogens with one attached hydrogen (secondary N) is 1. The van der Waals surface area contributed by atoms with Crippen molar-refractivity contribution in [2.45, 2.75) is 89.0 Å². The highest BCUT2D eigenvalue weighted by molar-refractivity contribution is 5.94. The maximum atomic E-state index is 14.3. The predicted molar refractivity (Wildman–Crippen MR) is 117 cm³/mol. The third-order valence-electron chi connectivity index (χ3n) is 9.02. The van der Waals surface area contributed by atoms with Gasteiger partial charge in [0.05, 0.1) is 12.1 Å². The first-order chi connectivity index (χ1) is 16.4. The number of amides is 1. The van der Waals surface area contributed by atoms with E-state index in [0.717, 1.165) is 19.3 Å². The van der Waals surface area contributed by atoms with Gasteiger partial charge in [-0.1, -0.05) is 25.4 Å². The predicted octanol–water partition coefficient (Wildman–Crippen LogP) is 3.00. The minimum Gasteiger partial charge on any atom is -0.392 e. The van der Waals surface area contributed by atoms with Crippen LogP contribution >= 0.6 is 0 Å². The first kappa shape index (κ1) is 24.7. The zero-order valence-electron chi connectivity index (χ0n) is 20.2. The molecule has 3 heterocycles. The molecule has 5 rings (SSSR count). The molecular formula is C24H33F3N4O4. The van der Waals surface area contributed by atoms with E-state index in [4.69, 9.17) is 4.52 Å². The summed E-state index contributed by atoms with van der Waals surface area (Å²) in [6, 6.07) is -0.601. The Hall–Kier alpha value is -2.01. The third kappa shape index (κ3) is 4.08. The lowest BCUT2D eigenvalue weighted by molar-refractivity contribution is -0.206. The van der Waals surface area contributed by atoms with Gasteiger partial charge in [0.2, 0.25) is 11.7 Å². The van der Waals surface area contributed by atoms with Gasteiger partial charge in [0.15, 0.2) is 5.82 Å². The number of halogens is 3. The second-order valence-corrected chi connectivity index (χ2v) is 11.9. The molecule has 2 saturated carbocycles. The molecule has 11 heteroatoms. The first-order valence-corrected chi connectivity index (χ1v) is 12.5. The van der Waals surface area contributed by atoms with E-state index < -0.39 is 48.2 Å². The highest BCUT2D eigenvalue weighted by atomic mass is 19.4. The number of aliphatic hydroxyl groups is 1. The summed E-state index contributed by atoms with van der Waals surface area (Å²) in [6.07, 6.45) is -1.62. The van der Waals surface area contributed by atoms with E-state index in [2.05, 4.69) is 15.5 Å². The van der Waals surface area contributed by atoms with E-state index in [1.54, 1.807) is 0 Å². The molecule has 1 spiro atoms. The Morgan fingerprint density at radius 2 is 1.80 bits per heavy atom. The van der Waals surface area contributed by atoms with Crippen LogP contribution in [0.3, 0.4) is 0 Å². The van der Waals surface area contributed by atoms with Crippen LogP contribution in [0.4, 0.5) is 13.2 Å². The van der Waals surface area contributed by atoms with Crippen molar-refractivity contribution in [3.05, 3.63) is 11.7 Å². The van der Waals surface area contributed by atoms with Crippen molar-refractivity contribution in [1.82, 2.24) is 20.4 Å². The second kappa shape index (κ2) is 8.26. The van der Waals surface area contributed by atoms with Crippen LogP contribution in [0.5, 0.6) is 0 Å². The fourth-order valence-corrected chi connectivity index (χ4v) is 6.45. The normalized spacial score (nSPS) is 29.9. The van der Waals surface area contributed by atoms with Gasteiger partial charge in [-0.15, -0.1) is 0 Å². The van der Waals surface area contributed by atoms with Crippen LogP contribution in [0.15, 0.2) is 4.52 Å². The lowest BCUT2D eigenvalue weighted by Crippen LogP contribution is -2.62. The van der Waals surface area contributed by atoms with Crippen molar-refractivity contribution in [3.8, 4) is 0 Å². The van der Waals surface area contributed by atoms with Crippen LogP contribution in [0.25, 0.3) is 0 Å². The van der Waals surface area contributed by atoms with Crippen molar-refractivity contribution in [2.75, 3.05) is 19.6 Å². The maximum absolute atomic E-state index is 14.3. The Morgan fingerprint density at radius 1 is 1.14 bits per heavy atom. The molecule has 35 heavy (non-hydrogen) atoms. The molecule has 8 nitrogen and oxygen atoms in total. The number of Topliss-reactive ketones (excluding diaryl/α,β-unsaturated/α-hetero) is 1. The molecule has 2 aliphatic heterocycles. The number of hydrogen-bond acceptors (Lipinski definition) is 7. The minimum atomic E-state index is -4.67. The van der Waals surface area contributed by atoms with Gasteiger partial charge in [0.25, 0.3) is 5.89 Å². The number of alkyl halides is 3. The lowest BCUT2D eigenvalue weighted by atomic mass is 9.62. The van der Waals surface area contributed by atoms with Gasteiger partial charge in [-0.3, -0.25) is 9.59 Å². The van der Waals surface area contributed by atoms with Gasteiger partial charge < -0.3 is 19.8 Å². The second-order valence-electron chi connectivity index (χ2n) is 11.9. The highest BCUT2D eigenvalue weighted by Crippen LogP contribution is 2.49. The molecule has 2 saturated heterocycles. The van der Waals surface area contributed by atoms with Gasteiger partial charge in [0.1, 0.15) is 5.41 Å². The molecule has 4 aliphatic rings. The number of rotatable bonds is 4. The fraction of sp³-hybridized carbons (Fsp3) is 0.833. The standard InChI is InChI=1S/C24H33F3N4O4/c1-21(2)11-14(12-21)17(33)18-29-20(30-35-18)23(24(25,26)27)6-8-31(9-7-23)19(34)15-10-16(32)22(13-28-15)4-3-5-22/h14-16,28,32H,3-13H2,1-2H3/t15-,16+/m0/s1. The largest absolute Gasteiger partial charge is 0.401 e. The topological polar surface area (TPSA) is 109 Å². The molecule has 0 aromatic carbocycles. The number of carbonyl (C=O) groups is 2. The SMILES string of the molecule is CC1(C)CC(C(=O)c2nc(C3(C(F)(F)F)CCN(C(=O)[C@@H]4C[C@@H](O)C5(CCC5)CN4)CC3)no2)C1. The van der Waals surface area contributed by atoms with E-state index in [1.165, 1.54) is 4.90 Å². The maximum Gasteiger partial charge on any atom is 0.401 e. The molecule has 0 unspecified atom stereocenters. The zero-order valence-corrected chi connectivity index (χ0v) is 20.2. The number of aliphatic hydroxyl groups excluding tert-OH is 1. The third-order valence-corrected chi connectivity index (χ3v) is 9.02. The Morgan fingerprint density at radius 3 is 2.31 bits per heavy atom. The lowest BCUT2D eigenvalue weighted by Gasteiger charge is -2.51. The Balaban J connectivity index is 1.26. The Bertz CT molecular complexity index is 987. The van der Waals surface area contributed by atoms with Gasteiger partial charge in [-0.25, -0.2) is 0 Å². The minimum absolute atomic E-state index is 0.0252. The van der Waals surface area contributed by atoms with Gasteiger partial charge in [0, 0.05) is 31.0 Å². The summed E-state index contributed by atoms with van der Waals surface area (Å²) in [5.74, 6) is -1.90. The molecule has 2 N–H and O–H groups in total. The van der Waals surface area contributed by atoms with Crippen LogP contribution in [-0.4, -0.2) is 69.8 Å². The summed E-state index contributed by atoms with van der Waals surface area (Å²) < 4.78 is 48.0. The van der Waals surface area contributed by atoms with Gasteiger partial charge >= 0.3 is 6.18 Å². The van der Waals surface area contributed by atoms with E-state index in [9.17, 15) is 27.9 Å². The van der Waals surface area contributed by atoms with Crippen LogP contribution in [0.2, 0.25) is 0 Å². The van der Waals surface area contributed by atoms with Crippen molar-refractivity contribution in [2.24, 2.45) is 16.7 Å². The summed E-state index contributed by atoms with van der Waals surface area (Å²) in [7, 11) is 0. The molecule has 194 valence electrons. The average molecular weight is 499 g/mol. The van der Waals surface area contributed by atoms with Crippen LogP contribution in [-0.2, 0) is 10.2 Å². The molecule has 2 atom stereocenters. The molecule has 1 aromatic rings. The molecule has 1 aromatic heterocycles. The summed E-state index contributed by atoms with van der Waals surface area (Å²) in [4.78, 5) is 31.0. The molecular weight excluding hydrogens is 465 g/mol. The van der Waals surface area contributed by atoms with Crippen LogP contribution in [0, 0.1) is 16.7 Å². The quantitative estimate of drug-likeness (QED) is 0.615. The van der Waals surface area contributed by atoms with E-state index >= 15 is 0 Å². The van der Waals surface area contributed by atoms with Crippen molar-refractivity contribution >= 4 is 11.7 Å². The highest BCUT2D eigenvalue weighted by Gasteiger charge is 2.60. The molecule has 0 radical (unpaired) electrons. The number of hydrogen-bond donors (Lipinski definition) is 2. The molecule has 2 aliphatic carbocycles. The summed E-state index contributed by atoms with van der Waals surface area (Å²) in [5.41, 5.74) is -2.51. The summed E-state index contributed by atoms with van der Waals surface area (Å²) in [5, 5.41) is 17.4. The summed E-state index contributed by atoms with van der Waals surface area (Å²) in [6.45, 7) is 4.36. The smallest absolute Gasteiger partial charge is 0.392 e. The Labute approximate surface area is 202 Å². The first-order valence-electron chi connectivity index (χ1n) is 12.5.